The minimum atomic E-state index is -0.939. The Balaban J connectivity index is 2.30. The maximum Gasteiger partial charge on any atom is 0.246 e. The Labute approximate surface area is 116 Å². The van der Waals surface area contributed by atoms with Crippen LogP contribution < -0.4 is 0 Å². The molecular weight excluding hydrogens is 242 g/mol. The Hall–Kier alpha value is -0.870. The molecule has 1 rings (SSSR count). The fourth-order valence-corrected chi connectivity index (χ4v) is 2.30. The van der Waals surface area contributed by atoms with E-state index in [0.29, 0.717) is 6.42 Å². The van der Waals surface area contributed by atoms with Crippen LogP contribution in [0.15, 0.2) is 12.2 Å². The molecular formula is C15H27NO3. The Morgan fingerprint density at radius 3 is 2.53 bits per heavy atom. The molecule has 0 aromatic heterocycles. The number of hydrogen-bond acceptors (Lipinski definition) is 3. The second-order valence-corrected chi connectivity index (χ2v) is 5.30. The van der Waals surface area contributed by atoms with Crippen molar-refractivity contribution < 1.29 is 15.0 Å². The standard InChI is InChI=1S/C15H27NO3/c1-2-3-5-8-13(17)14(18)9-10-15(19)16-11-6-4-7-12-16/h9-10,13-14,17-18H,2-8,11-12H2,1H3/b10-9+/t13-,14+/m1/s1. The average molecular weight is 269 g/mol. The molecule has 4 heteroatoms. The van der Waals surface area contributed by atoms with Crippen LogP contribution in [0.4, 0.5) is 0 Å². The third kappa shape index (κ3) is 6.21. The molecule has 0 aromatic rings. The fraction of sp³-hybridized carbons (Fsp3) is 0.800. The number of rotatable bonds is 7. The lowest BCUT2D eigenvalue weighted by atomic mass is 10.1. The van der Waals surface area contributed by atoms with Crippen molar-refractivity contribution in [3.63, 3.8) is 0 Å². The van der Waals surface area contributed by atoms with Crippen LogP contribution in [0.1, 0.15) is 51.9 Å². The minimum Gasteiger partial charge on any atom is -0.390 e. The van der Waals surface area contributed by atoms with E-state index in [1.165, 1.54) is 18.6 Å². The number of unbranched alkanes of at least 4 members (excludes halogenated alkanes) is 2. The molecule has 0 spiro atoms. The van der Waals surface area contributed by atoms with Crippen LogP contribution in [0.25, 0.3) is 0 Å². The first-order valence-electron chi connectivity index (χ1n) is 7.48. The van der Waals surface area contributed by atoms with Gasteiger partial charge in [-0.1, -0.05) is 26.2 Å². The lowest BCUT2D eigenvalue weighted by Crippen LogP contribution is -2.34. The average Bonchev–Trinajstić information content (AvgIpc) is 2.45. The summed E-state index contributed by atoms with van der Waals surface area (Å²) >= 11 is 0. The SMILES string of the molecule is CCCCC[C@@H](O)[C@@H](O)/C=C/C(=O)N1CCCCC1. The van der Waals surface area contributed by atoms with Gasteiger partial charge < -0.3 is 15.1 Å². The summed E-state index contributed by atoms with van der Waals surface area (Å²) in [5.41, 5.74) is 0. The van der Waals surface area contributed by atoms with Gasteiger partial charge in [0.1, 0.15) is 0 Å². The Bertz CT molecular complexity index is 285. The number of likely N-dealkylation sites (tertiary alicyclic amines) is 1. The second kappa shape index (κ2) is 9.10. The maximum atomic E-state index is 11.8. The minimum absolute atomic E-state index is 0.0560. The van der Waals surface area contributed by atoms with Gasteiger partial charge in [-0.25, -0.2) is 0 Å². The van der Waals surface area contributed by atoms with Crippen LogP contribution in [-0.2, 0) is 4.79 Å². The quantitative estimate of drug-likeness (QED) is 0.548. The van der Waals surface area contributed by atoms with Crippen LogP contribution in [0.3, 0.4) is 0 Å². The molecule has 0 aromatic carbocycles. The highest BCUT2D eigenvalue weighted by Gasteiger charge is 2.16. The third-order valence-corrected chi connectivity index (χ3v) is 3.60. The van der Waals surface area contributed by atoms with Gasteiger partial charge in [-0.05, 0) is 31.8 Å². The molecule has 110 valence electrons. The van der Waals surface area contributed by atoms with E-state index >= 15 is 0 Å². The third-order valence-electron chi connectivity index (χ3n) is 3.60. The van der Waals surface area contributed by atoms with Gasteiger partial charge in [0.05, 0.1) is 12.2 Å². The Morgan fingerprint density at radius 1 is 1.21 bits per heavy atom. The van der Waals surface area contributed by atoms with Gasteiger partial charge in [0, 0.05) is 19.2 Å². The van der Waals surface area contributed by atoms with Crippen LogP contribution >= 0.6 is 0 Å². The molecule has 1 fully saturated rings. The van der Waals surface area contributed by atoms with Gasteiger partial charge in [0.15, 0.2) is 0 Å². The van der Waals surface area contributed by atoms with E-state index in [0.717, 1.165) is 45.2 Å². The van der Waals surface area contributed by atoms with Gasteiger partial charge in [-0.3, -0.25) is 4.79 Å². The van der Waals surface area contributed by atoms with Crippen molar-refractivity contribution in [1.29, 1.82) is 0 Å². The van der Waals surface area contributed by atoms with Crippen LogP contribution in [-0.4, -0.2) is 46.3 Å². The summed E-state index contributed by atoms with van der Waals surface area (Å²) in [5, 5.41) is 19.5. The molecule has 1 amide bonds. The van der Waals surface area contributed by atoms with Crippen LogP contribution in [0, 0.1) is 0 Å². The monoisotopic (exact) mass is 269 g/mol. The smallest absolute Gasteiger partial charge is 0.246 e. The number of aliphatic hydroxyl groups is 2. The number of carbonyl (C=O) groups is 1. The first-order chi connectivity index (χ1) is 9.15. The first kappa shape index (κ1) is 16.2. The maximum absolute atomic E-state index is 11.8. The van der Waals surface area contributed by atoms with E-state index in [4.69, 9.17) is 0 Å². The molecule has 2 atom stereocenters. The van der Waals surface area contributed by atoms with Crippen molar-refractivity contribution in [2.45, 2.75) is 64.1 Å². The molecule has 1 aliphatic rings. The van der Waals surface area contributed by atoms with E-state index in [-0.39, 0.29) is 5.91 Å². The first-order valence-corrected chi connectivity index (χ1v) is 7.48. The summed E-state index contributed by atoms with van der Waals surface area (Å²) in [4.78, 5) is 13.6. The predicted molar refractivity (Wildman–Crippen MR) is 75.7 cm³/mol. The highest BCUT2D eigenvalue weighted by atomic mass is 16.3. The summed E-state index contributed by atoms with van der Waals surface area (Å²) in [6, 6.07) is 0. The van der Waals surface area contributed by atoms with Crippen molar-refractivity contribution in [2.75, 3.05) is 13.1 Å². The number of carbonyl (C=O) groups excluding carboxylic acids is 1. The molecule has 2 N–H and O–H groups in total. The van der Waals surface area contributed by atoms with Gasteiger partial charge in [-0.15, -0.1) is 0 Å². The lowest BCUT2D eigenvalue weighted by molar-refractivity contribution is -0.126. The number of aliphatic hydroxyl groups excluding tert-OH is 2. The molecule has 1 heterocycles. The summed E-state index contributed by atoms with van der Waals surface area (Å²) in [7, 11) is 0. The van der Waals surface area contributed by atoms with Crippen molar-refractivity contribution in [3.05, 3.63) is 12.2 Å². The normalized spacial score (nSPS) is 19.6. The topological polar surface area (TPSA) is 60.8 Å². The summed E-state index contributed by atoms with van der Waals surface area (Å²) in [6.07, 6.45) is 8.05. The molecule has 4 nitrogen and oxygen atoms in total. The van der Waals surface area contributed by atoms with Crippen LogP contribution in [0.5, 0.6) is 0 Å². The van der Waals surface area contributed by atoms with Gasteiger partial charge in [-0.2, -0.15) is 0 Å². The molecule has 0 bridgehead atoms. The molecule has 0 aliphatic carbocycles. The number of nitrogens with zero attached hydrogens (tertiary/aromatic N) is 1. The summed E-state index contributed by atoms with van der Waals surface area (Å²) < 4.78 is 0. The molecule has 0 saturated carbocycles. The van der Waals surface area contributed by atoms with Crippen molar-refractivity contribution in [3.8, 4) is 0 Å². The van der Waals surface area contributed by atoms with Gasteiger partial charge in [0.2, 0.25) is 5.91 Å². The van der Waals surface area contributed by atoms with E-state index in [2.05, 4.69) is 6.92 Å². The zero-order valence-electron chi connectivity index (χ0n) is 11.9. The van der Waals surface area contributed by atoms with Crippen molar-refractivity contribution >= 4 is 5.91 Å². The number of amides is 1. The van der Waals surface area contributed by atoms with Gasteiger partial charge in [0.25, 0.3) is 0 Å². The lowest BCUT2D eigenvalue weighted by Gasteiger charge is -2.25. The van der Waals surface area contributed by atoms with E-state index < -0.39 is 12.2 Å². The molecule has 0 unspecified atom stereocenters. The van der Waals surface area contributed by atoms with Crippen molar-refractivity contribution in [1.82, 2.24) is 4.90 Å². The van der Waals surface area contributed by atoms with E-state index in [1.54, 1.807) is 4.90 Å². The van der Waals surface area contributed by atoms with E-state index in [1.807, 2.05) is 0 Å². The molecule has 1 saturated heterocycles. The summed E-state index contributed by atoms with van der Waals surface area (Å²) in [6.45, 7) is 3.71. The van der Waals surface area contributed by atoms with E-state index in [9.17, 15) is 15.0 Å². The largest absolute Gasteiger partial charge is 0.390 e. The number of hydrogen-bond donors (Lipinski definition) is 2. The summed E-state index contributed by atoms with van der Waals surface area (Å²) in [5.74, 6) is -0.0560. The van der Waals surface area contributed by atoms with Crippen molar-refractivity contribution in [2.24, 2.45) is 0 Å². The predicted octanol–water partition coefficient (Wildman–Crippen LogP) is 1.86. The molecule has 19 heavy (non-hydrogen) atoms. The second-order valence-electron chi connectivity index (χ2n) is 5.30. The number of piperidine rings is 1. The Morgan fingerprint density at radius 2 is 1.89 bits per heavy atom. The highest BCUT2D eigenvalue weighted by Crippen LogP contribution is 2.10. The fourth-order valence-electron chi connectivity index (χ4n) is 2.30. The van der Waals surface area contributed by atoms with Crippen LogP contribution in [0.2, 0.25) is 0 Å². The highest BCUT2D eigenvalue weighted by molar-refractivity contribution is 5.87. The van der Waals surface area contributed by atoms with Gasteiger partial charge >= 0.3 is 0 Å². The zero-order chi connectivity index (χ0) is 14.1. The zero-order valence-corrected chi connectivity index (χ0v) is 11.9. The Kier molecular flexibility index (Phi) is 7.75. The molecule has 0 radical (unpaired) electrons. The molecule has 1 aliphatic heterocycles.